The molecule has 112 valence electrons. The van der Waals surface area contributed by atoms with Gasteiger partial charge in [-0.3, -0.25) is 0 Å². The summed E-state index contributed by atoms with van der Waals surface area (Å²) in [7, 11) is 0. The molecule has 0 fully saturated rings. The van der Waals surface area contributed by atoms with E-state index in [4.69, 9.17) is 9.97 Å². The molecule has 3 aromatic rings. The molecule has 0 saturated carbocycles. The van der Waals surface area contributed by atoms with E-state index in [1.165, 1.54) is 40.7 Å². The highest BCUT2D eigenvalue weighted by Gasteiger charge is 2.22. The molecule has 0 atom stereocenters. The summed E-state index contributed by atoms with van der Waals surface area (Å²) in [5, 5.41) is 4.82. The number of hydrogen-bond acceptors (Lipinski definition) is 4. The van der Waals surface area contributed by atoms with Gasteiger partial charge in [0.05, 0.1) is 5.39 Å². The van der Waals surface area contributed by atoms with Crippen LogP contribution < -0.4 is 5.32 Å². The Labute approximate surface area is 134 Å². The van der Waals surface area contributed by atoms with E-state index in [0.717, 1.165) is 29.4 Å². The van der Waals surface area contributed by atoms with Crippen molar-refractivity contribution in [3.63, 3.8) is 0 Å². The van der Waals surface area contributed by atoms with Crippen LogP contribution in [0.3, 0.4) is 0 Å². The van der Waals surface area contributed by atoms with Gasteiger partial charge in [0.25, 0.3) is 0 Å². The second-order valence-corrected chi connectivity index (χ2v) is 6.80. The Morgan fingerprint density at radius 1 is 1.14 bits per heavy atom. The number of aryl methyl sites for hydroxylation is 3. The summed E-state index contributed by atoms with van der Waals surface area (Å²) in [6.07, 6.45) is 4.52. The first-order valence-electron chi connectivity index (χ1n) is 7.94. The lowest BCUT2D eigenvalue weighted by molar-refractivity contribution is 0.914. The fourth-order valence-electron chi connectivity index (χ4n) is 3.11. The molecule has 0 aliphatic heterocycles. The molecule has 0 spiro atoms. The molecule has 0 unspecified atom stereocenters. The van der Waals surface area contributed by atoms with Crippen LogP contribution in [-0.2, 0) is 25.8 Å². The Bertz CT molecular complexity index is 808. The minimum absolute atomic E-state index is 0.806. The maximum absolute atomic E-state index is 4.77. The number of thiophene rings is 1. The Balaban J connectivity index is 1.74. The monoisotopic (exact) mass is 309 g/mol. The molecule has 1 aliphatic carbocycles. The topological polar surface area (TPSA) is 37.8 Å². The van der Waals surface area contributed by atoms with Crippen LogP contribution in [0.2, 0.25) is 0 Å². The molecule has 0 amide bonds. The Hall–Kier alpha value is -1.94. The lowest BCUT2D eigenvalue weighted by atomic mass is 10.1. The number of rotatable bonds is 4. The van der Waals surface area contributed by atoms with Gasteiger partial charge in [0.1, 0.15) is 16.5 Å². The molecular formula is C18H19N3S. The SMILES string of the molecule is CCc1nc(NCc2ccccc2)c2c3c(sc2n1)CCC3. The summed E-state index contributed by atoms with van der Waals surface area (Å²) >= 11 is 1.86. The smallest absolute Gasteiger partial charge is 0.139 e. The molecule has 0 saturated heterocycles. The van der Waals surface area contributed by atoms with Crippen molar-refractivity contribution in [2.45, 2.75) is 39.2 Å². The minimum atomic E-state index is 0.806. The molecule has 3 nitrogen and oxygen atoms in total. The van der Waals surface area contributed by atoms with Gasteiger partial charge in [0.15, 0.2) is 0 Å². The molecular weight excluding hydrogens is 290 g/mol. The summed E-state index contributed by atoms with van der Waals surface area (Å²) in [6.45, 7) is 2.92. The lowest BCUT2D eigenvalue weighted by Gasteiger charge is -2.09. The first-order chi connectivity index (χ1) is 10.8. The highest BCUT2D eigenvalue weighted by molar-refractivity contribution is 7.19. The van der Waals surface area contributed by atoms with E-state index in [-0.39, 0.29) is 0 Å². The average Bonchev–Trinajstić information content (AvgIpc) is 3.13. The zero-order valence-electron chi connectivity index (χ0n) is 12.7. The van der Waals surface area contributed by atoms with Crippen LogP contribution in [0, 0.1) is 0 Å². The van der Waals surface area contributed by atoms with Crippen LogP contribution >= 0.6 is 11.3 Å². The number of nitrogens with zero attached hydrogens (tertiary/aromatic N) is 2. The van der Waals surface area contributed by atoms with E-state index in [2.05, 4.69) is 36.5 Å². The molecule has 2 heterocycles. The Morgan fingerprint density at radius 3 is 2.82 bits per heavy atom. The van der Waals surface area contributed by atoms with Crippen LogP contribution in [0.15, 0.2) is 30.3 Å². The van der Waals surface area contributed by atoms with E-state index in [1.807, 2.05) is 17.4 Å². The number of hydrogen-bond donors (Lipinski definition) is 1. The summed E-state index contributed by atoms with van der Waals surface area (Å²) in [6, 6.07) is 10.5. The molecule has 4 heteroatoms. The third-order valence-corrected chi connectivity index (χ3v) is 5.42. The zero-order valence-corrected chi connectivity index (χ0v) is 13.5. The molecule has 1 aliphatic rings. The van der Waals surface area contributed by atoms with Gasteiger partial charge < -0.3 is 5.32 Å². The largest absolute Gasteiger partial charge is 0.365 e. The molecule has 2 aromatic heterocycles. The van der Waals surface area contributed by atoms with Gasteiger partial charge in [-0.15, -0.1) is 11.3 Å². The quantitative estimate of drug-likeness (QED) is 0.778. The Kier molecular flexibility index (Phi) is 3.54. The minimum Gasteiger partial charge on any atom is -0.365 e. The number of benzene rings is 1. The highest BCUT2D eigenvalue weighted by Crippen LogP contribution is 2.39. The third kappa shape index (κ3) is 2.37. The average molecular weight is 309 g/mol. The normalized spacial score (nSPS) is 13.5. The number of anilines is 1. The summed E-state index contributed by atoms with van der Waals surface area (Å²) in [5.74, 6) is 1.95. The van der Waals surface area contributed by atoms with E-state index in [1.54, 1.807) is 0 Å². The first-order valence-corrected chi connectivity index (χ1v) is 8.75. The fourth-order valence-corrected chi connectivity index (χ4v) is 4.39. The van der Waals surface area contributed by atoms with Crippen LogP contribution in [-0.4, -0.2) is 9.97 Å². The van der Waals surface area contributed by atoms with Gasteiger partial charge in [0.2, 0.25) is 0 Å². The van der Waals surface area contributed by atoms with Crippen molar-refractivity contribution in [3.05, 3.63) is 52.2 Å². The molecule has 0 bridgehead atoms. The van der Waals surface area contributed by atoms with E-state index in [0.29, 0.717) is 0 Å². The van der Waals surface area contributed by atoms with Crippen LogP contribution in [0.4, 0.5) is 5.82 Å². The first kappa shape index (κ1) is 13.7. The van der Waals surface area contributed by atoms with Crippen molar-refractivity contribution in [2.75, 3.05) is 5.32 Å². The van der Waals surface area contributed by atoms with Crippen molar-refractivity contribution < 1.29 is 0 Å². The third-order valence-electron chi connectivity index (χ3n) is 4.23. The van der Waals surface area contributed by atoms with Crippen molar-refractivity contribution in [3.8, 4) is 0 Å². The second kappa shape index (κ2) is 5.69. The van der Waals surface area contributed by atoms with E-state index < -0.39 is 0 Å². The molecule has 22 heavy (non-hydrogen) atoms. The summed E-state index contributed by atoms with van der Waals surface area (Å²) in [5.41, 5.74) is 2.76. The maximum Gasteiger partial charge on any atom is 0.139 e. The molecule has 4 rings (SSSR count). The number of nitrogens with one attached hydrogen (secondary N) is 1. The number of fused-ring (bicyclic) bond motifs is 3. The molecule has 1 aromatic carbocycles. The molecule has 0 radical (unpaired) electrons. The van der Waals surface area contributed by atoms with Gasteiger partial charge >= 0.3 is 0 Å². The summed E-state index contributed by atoms with van der Waals surface area (Å²) < 4.78 is 0. The van der Waals surface area contributed by atoms with Gasteiger partial charge in [-0.1, -0.05) is 37.3 Å². The predicted molar refractivity (Wildman–Crippen MR) is 92.6 cm³/mol. The van der Waals surface area contributed by atoms with Gasteiger partial charge in [-0.05, 0) is 30.4 Å². The van der Waals surface area contributed by atoms with E-state index in [9.17, 15) is 0 Å². The second-order valence-electron chi connectivity index (χ2n) is 5.72. The number of aromatic nitrogens is 2. The van der Waals surface area contributed by atoms with Crippen molar-refractivity contribution in [1.29, 1.82) is 0 Å². The standard InChI is InChI=1S/C18H19N3S/c1-2-15-20-17(19-11-12-7-4-3-5-8-12)16-13-9-6-10-14(13)22-18(16)21-15/h3-5,7-8H,2,6,9-11H2,1H3,(H,19,20,21). The fraction of sp³-hybridized carbons (Fsp3) is 0.333. The van der Waals surface area contributed by atoms with Crippen LogP contribution in [0.1, 0.15) is 35.2 Å². The van der Waals surface area contributed by atoms with Gasteiger partial charge in [-0.2, -0.15) is 0 Å². The predicted octanol–water partition coefficient (Wildman–Crippen LogP) is 4.35. The summed E-state index contributed by atoms with van der Waals surface area (Å²) in [4.78, 5) is 12.2. The van der Waals surface area contributed by atoms with Gasteiger partial charge in [-0.25, -0.2) is 9.97 Å². The van der Waals surface area contributed by atoms with Crippen LogP contribution in [0.25, 0.3) is 10.2 Å². The highest BCUT2D eigenvalue weighted by atomic mass is 32.1. The van der Waals surface area contributed by atoms with Crippen molar-refractivity contribution >= 4 is 27.4 Å². The maximum atomic E-state index is 4.77. The van der Waals surface area contributed by atoms with Crippen LogP contribution in [0.5, 0.6) is 0 Å². The van der Waals surface area contributed by atoms with Crippen molar-refractivity contribution in [1.82, 2.24) is 9.97 Å². The van der Waals surface area contributed by atoms with E-state index >= 15 is 0 Å². The lowest BCUT2D eigenvalue weighted by Crippen LogP contribution is -2.05. The molecule has 1 N–H and O–H groups in total. The Morgan fingerprint density at radius 2 is 2.00 bits per heavy atom. The zero-order chi connectivity index (χ0) is 14.9. The van der Waals surface area contributed by atoms with Crippen molar-refractivity contribution in [2.24, 2.45) is 0 Å². The van der Waals surface area contributed by atoms with Gasteiger partial charge in [0, 0.05) is 17.8 Å².